The van der Waals surface area contributed by atoms with Crippen LogP contribution in [0.1, 0.15) is 108 Å². The van der Waals surface area contributed by atoms with E-state index in [1.54, 1.807) is 7.11 Å². The van der Waals surface area contributed by atoms with E-state index in [0.29, 0.717) is 18.6 Å². The smallest absolute Gasteiger partial charge is 0.306 e. The molecule has 0 spiro atoms. The maximum absolute atomic E-state index is 12.4. The summed E-state index contributed by atoms with van der Waals surface area (Å²) in [5.74, 6) is 1.28. The second-order valence-electron chi connectivity index (χ2n) is 9.54. The molecule has 0 bridgehead atoms. The minimum absolute atomic E-state index is 0.0764. The van der Waals surface area contributed by atoms with Gasteiger partial charge < -0.3 is 9.47 Å². The quantitative estimate of drug-likeness (QED) is 0.287. The molecule has 0 aromatic heterocycles. The summed E-state index contributed by atoms with van der Waals surface area (Å²) in [5, 5.41) is 0. The van der Waals surface area contributed by atoms with E-state index in [4.69, 9.17) is 9.47 Å². The highest BCUT2D eigenvalue weighted by Gasteiger charge is 2.27. The Morgan fingerprint density at radius 3 is 2.23 bits per heavy atom. The van der Waals surface area contributed by atoms with Crippen LogP contribution in [0.25, 0.3) is 0 Å². The van der Waals surface area contributed by atoms with Gasteiger partial charge in [0.15, 0.2) is 0 Å². The number of hydrogen-bond acceptors (Lipinski definition) is 4. The van der Waals surface area contributed by atoms with Crippen LogP contribution in [-0.2, 0) is 20.7 Å². The fourth-order valence-electron chi connectivity index (χ4n) is 4.26. The molecule has 0 aliphatic heterocycles. The summed E-state index contributed by atoms with van der Waals surface area (Å²) in [7, 11) is 1.69. The SMILES string of the molecule is COc1ccc2c(c1)CCC(=O)C2CCCCCCCCCCC(=O)OC(C)(C)C. The lowest BCUT2D eigenvalue weighted by Gasteiger charge is -2.25. The first-order valence-corrected chi connectivity index (χ1v) is 11.7. The van der Waals surface area contributed by atoms with Gasteiger partial charge in [-0.3, -0.25) is 9.59 Å². The second kappa shape index (κ2) is 12.1. The summed E-state index contributed by atoms with van der Waals surface area (Å²) in [6.45, 7) is 5.72. The molecule has 0 N–H and O–H groups in total. The summed E-state index contributed by atoms with van der Waals surface area (Å²) >= 11 is 0. The van der Waals surface area contributed by atoms with E-state index in [1.807, 2.05) is 26.8 Å². The van der Waals surface area contributed by atoms with Crippen LogP contribution in [0.4, 0.5) is 0 Å². The third kappa shape index (κ3) is 8.49. The number of carbonyl (C=O) groups is 2. The molecule has 30 heavy (non-hydrogen) atoms. The summed E-state index contributed by atoms with van der Waals surface area (Å²) in [4.78, 5) is 24.1. The normalized spacial score (nSPS) is 16.3. The Hall–Kier alpha value is -1.84. The number of Topliss-reactive ketones (excluding diaryl/α,β-unsaturated/α-hetero) is 1. The number of esters is 1. The van der Waals surface area contributed by atoms with Gasteiger partial charge in [0.1, 0.15) is 17.1 Å². The average molecular weight is 417 g/mol. The predicted molar refractivity (Wildman–Crippen MR) is 121 cm³/mol. The Balaban J connectivity index is 1.55. The number of hydrogen-bond donors (Lipinski definition) is 0. The van der Waals surface area contributed by atoms with Crippen LogP contribution in [-0.4, -0.2) is 24.5 Å². The molecule has 168 valence electrons. The standard InChI is InChI=1S/C26H40O4/c1-26(2,3)30-25(28)14-12-10-8-6-5-7-9-11-13-23-22-17-16-21(29-4)19-20(22)15-18-24(23)27/h16-17,19,23H,5-15,18H2,1-4H3. The zero-order chi connectivity index (χ0) is 22.0. The first kappa shape index (κ1) is 24.4. The Bertz CT molecular complexity index is 687. The lowest BCUT2D eigenvalue weighted by molar-refractivity contribution is -0.154. The summed E-state index contributed by atoms with van der Waals surface area (Å²) in [5.41, 5.74) is 2.12. The van der Waals surface area contributed by atoms with E-state index < -0.39 is 0 Å². The highest BCUT2D eigenvalue weighted by atomic mass is 16.6. The third-order valence-corrected chi connectivity index (χ3v) is 5.80. The first-order chi connectivity index (χ1) is 14.3. The number of rotatable bonds is 12. The van der Waals surface area contributed by atoms with Gasteiger partial charge in [0.05, 0.1) is 7.11 Å². The lowest BCUT2D eigenvalue weighted by Crippen LogP contribution is -2.23. The van der Waals surface area contributed by atoms with Crippen molar-refractivity contribution < 1.29 is 19.1 Å². The minimum Gasteiger partial charge on any atom is -0.497 e. The zero-order valence-electron chi connectivity index (χ0n) is 19.4. The lowest BCUT2D eigenvalue weighted by atomic mass is 9.79. The van der Waals surface area contributed by atoms with E-state index in [-0.39, 0.29) is 17.5 Å². The van der Waals surface area contributed by atoms with Gasteiger partial charge in [-0.15, -0.1) is 0 Å². The van der Waals surface area contributed by atoms with Gasteiger partial charge in [-0.05, 0) is 63.3 Å². The molecule has 2 rings (SSSR count). The molecule has 0 heterocycles. The predicted octanol–water partition coefficient (Wildman–Crippen LogP) is 6.54. The highest BCUT2D eigenvalue weighted by Crippen LogP contribution is 2.35. The van der Waals surface area contributed by atoms with Crippen LogP contribution in [0.3, 0.4) is 0 Å². The average Bonchev–Trinajstić information content (AvgIpc) is 2.69. The van der Waals surface area contributed by atoms with Crippen LogP contribution >= 0.6 is 0 Å². The number of ketones is 1. The monoisotopic (exact) mass is 416 g/mol. The number of carbonyl (C=O) groups excluding carboxylic acids is 2. The topological polar surface area (TPSA) is 52.6 Å². The van der Waals surface area contributed by atoms with Gasteiger partial charge in [0.25, 0.3) is 0 Å². The van der Waals surface area contributed by atoms with E-state index in [1.165, 1.54) is 43.2 Å². The molecule has 0 radical (unpaired) electrons. The Morgan fingerprint density at radius 2 is 1.60 bits per heavy atom. The molecule has 1 atom stereocenters. The minimum atomic E-state index is -0.381. The molecular formula is C26H40O4. The Morgan fingerprint density at radius 1 is 0.967 bits per heavy atom. The van der Waals surface area contributed by atoms with Gasteiger partial charge >= 0.3 is 5.97 Å². The molecule has 4 heteroatoms. The van der Waals surface area contributed by atoms with Crippen molar-refractivity contribution in [2.24, 2.45) is 0 Å². The van der Waals surface area contributed by atoms with Crippen LogP contribution in [0.5, 0.6) is 5.75 Å². The van der Waals surface area contributed by atoms with Crippen LogP contribution < -0.4 is 4.74 Å². The fraction of sp³-hybridized carbons (Fsp3) is 0.692. The Kier molecular flexibility index (Phi) is 9.87. The van der Waals surface area contributed by atoms with Crippen molar-refractivity contribution in [2.75, 3.05) is 7.11 Å². The number of methoxy groups -OCH3 is 1. The molecule has 0 saturated heterocycles. The molecule has 1 aliphatic carbocycles. The van der Waals surface area contributed by atoms with Gasteiger partial charge in [-0.25, -0.2) is 0 Å². The van der Waals surface area contributed by atoms with Gasteiger partial charge in [-0.2, -0.15) is 0 Å². The van der Waals surface area contributed by atoms with E-state index in [9.17, 15) is 9.59 Å². The van der Waals surface area contributed by atoms with Crippen molar-refractivity contribution >= 4 is 11.8 Å². The van der Waals surface area contributed by atoms with Crippen molar-refractivity contribution in [3.63, 3.8) is 0 Å². The summed E-state index contributed by atoms with van der Waals surface area (Å²) in [6, 6.07) is 6.16. The van der Waals surface area contributed by atoms with E-state index >= 15 is 0 Å². The summed E-state index contributed by atoms with van der Waals surface area (Å²) < 4.78 is 10.7. The molecule has 4 nitrogen and oxygen atoms in total. The largest absolute Gasteiger partial charge is 0.497 e. The van der Waals surface area contributed by atoms with Crippen LogP contribution in [0, 0.1) is 0 Å². The van der Waals surface area contributed by atoms with Crippen molar-refractivity contribution in [1.29, 1.82) is 0 Å². The van der Waals surface area contributed by atoms with Gasteiger partial charge in [-0.1, -0.05) is 51.0 Å². The zero-order valence-corrected chi connectivity index (χ0v) is 19.4. The molecule has 0 saturated carbocycles. The fourth-order valence-corrected chi connectivity index (χ4v) is 4.26. The molecule has 1 unspecified atom stereocenters. The van der Waals surface area contributed by atoms with Gasteiger partial charge in [0, 0.05) is 18.8 Å². The number of fused-ring (bicyclic) bond motifs is 1. The first-order valence-electron chi connectivity index (χ1n) is 11.7. The van der Waals surface area contributed by atoms with Crippen molar-refractivity contribution in [2.45, 2.75) is 109 Å². The van der Waals surface area contributed by atoms with Crippen LogP contribution in [0.2, 0.25) is 0 Å². The number of aryl methyl sites for hydroxylation is 1. The number of benzene rings is 1. The second-order valence-corrected chi connectivity index (χ2v) is 9.54. The maximum atomic E-state index is 12.4. The molecule has 1 aliphatic rings. The van der Waals surface area contributed by atoms with Crippen molar-refractivity contribution in [3.8, 4) is 5.75 Å². The van der Waals surface area contributed by atoms with E-state index in [0.717, 1.165) is 37.9 Å². The number of unbranched alkanes of at least 4 members (excludes halogenated alkanes) is 7. The van der Waals surface area contributed by atoms with Crippen LogP contribution in [0.15, 0.2) is 18.2 Å². The molecular weight excluding hydrogens is 376 g/mol. The highest BCUT2D eigenvalue weighted by molar-refractivity contribution is 5.88. The Labute approximate surface area is 182 Å². The van der Waals surface area contributed by atoms with Crippen molar-refractivity contribution in [1.82, 2.24) is 0 Å². The number of ether oxygens (including phenoxy) is 2. The van der Waals surface area contributed by atoms with Crippen molar-refractivity contribution in [3.05, 3.63) is 29.3 Å². The molecule has 0 amide bonds. The molecule has 0 fully saturated rings. The summed E-state index contributed by atoms with van der Waals surface area (Å²) in [6.07, 6.45) is 12.2. The molecule has 1 aromatic carbocycles. The third-order valence-electron chi connectivity index (χ3n) is 5.80. The maximum Gasteiger partial charge on any atom is 0.306 e. The van der Waals surface area contributed by atoms with Gasteiger partial charge in [0.2, 0.25) is 0 Å². The van der Waals surface area contributed by atoms with E-state index in [2.05, 4.69) is 12.1 Å². The molecule has 1 aromatic rings.